The fourth-order valence-electron chi connectivity index (χ4n) is 1.94. The standard InChI is InChI=1S/C14H16N4OS/c1-9(2)18-8-15-17-14(18)20-10(3)13-16-11-6-4-5-7-12(11)19-13/h4-10H,1-3H3/t10-/m0/s1. The first-order valence-electron chi connectivity index (χ1n) is 6.57. The summed E-state index contributed by atoms with van der Waals surface area (Å²) in [5.41, 5.74) is 1.71. The fourth-order valence-corrected chi connectivity index (χ4v) is 2.93. The SMILES string of the molecule is CC(C)n1cnnc1S[C@@H](C)c1nc2ccccc2o1. The van der Waals surface area contributed by atoms with Gasteiger partial charge in [-0.05, 0) is 32.9 Å². The summed E-state index contributed by atoms with van der Waals surface area (Å²) in [7, 11) is 0. The van der Waals surface area contributed by atoms with Crippen LogP contribution in [0.1, 0.15) is 38.0 Å². The van der Waals surface area contributed by atoms with Crippen molar-refractivity contribution in [1.82, 2.24) is 19.7 Å². The molecule has 5 nitrogen and oxygen atoms in total. The van der Waals surface area contributed by atoms with Crippen LogP contribution < -0.4 is 0 Å². The summed E-state index contributed by atoms with van der Waals surface area (Å²) in [4.78, 5) is 4.52. The van der Waals surface area contributed by atoms with E-state index in [4.69, 9.17) is 4.42 Å². The number of hydrogen-bond donors (Lipinski definition) is 0. The molecule has 1 aromatic carbocycles. The van der Waals surface area contributed by atoms with Crippen molar-refractivity contribution in [2.45, 2.75) is 37.2 Å². The molecular weight excluding hydrogens is 272 g/mol. The largest absolute Gasteiger partial charge is 0.439 e. The molecule has 20 heavy (non-hydrogen) atoms. The Hall–Kier alpha value is -1.82. The molecule has 0 aliphatic rings. The molecule has 0 saturated heterocycles. The minimum Gasteiger partial charge on any atom is -0.439 e. The lowest BCUT2D eigenvalue weighted by Gasteiger charge is -2.11. The first-order valence-corrected chi connectivity index (χ1v) is 7.44. The molecule has 0 saturated carbocycles. The van der Waals surface area contributed by atoms with Crippen LogP contribution >= 0.6 is 11.8 Å². The van der Waals surface area contributed by atoms with Crippen LogP contribution in [0.4, 0.5) is 0 Å². The van der Waals surface area contributed by atoms with Crippen molar-refractivity contribution >= 4 is 22.9 Å². The fraction of sp³-hybridized carbons (Fsp3) is 0.357. The summed E-state index contributed by atoms with van der Waals surface area (Å²) in [6, 6.07) is 8.13. The zero-order chi connectivity index (χ0) is 14.1. The van der Waals surface area contributed by atoms with E-state index in [0.717, 1.165) is 22.1 Å². The van der Waals surface area contributed by atoms with E-state index in [1.54, 1.807) is 18.1 Å². The van der Waals surface area contributed by atoms with Crippen LogP contribution in [-0.4, -0.2) is 19.7 Å². The number of thioether (sulfide) groups is 1. The molecule has 0 radical (unpaired) electrons. The highest BCUT2D eigenvalue weighted by Gasteiger charge is 2.18. The average molecular weight is 288 g/mol. The van der Waals surface area contributed by atoms with E-state index in [9.17, 15) is 0 Å². The number of aromatic nitrogens is 4. The van der Waals surface area contributed by atoms with Crippen LogP contribution in [0.25, 0.3) is 11.1 Å². The third-order valence-corrected chi connectivity index (χ3v) is 4.10. The average Bonchev–Trinajstić information content (AvgIpc) is 3.03. The van der Waals surface area contributed by atoms with Crippen molar-refractivity contribution in [1.29, 1.82) is 0 Å². The van der Waals surface area contributed by atoms with Crippen molar-refractivity contribution in [3.05, 3.63) is 36.5 Å². The van der Waals surface area contributed by atoms with Gasteiger partial charge in [-0.25, -0.2) is 4.98 Å². The molecule has 3 rings (SSSR count). The maximum atomic E-state index is 5.79. The van der Waals surface area contributed by atoms with Gasteiger partial charge in [0.1, 0.15) is 11.8 Å². The minimum atomic E-state index is 0.0871. The smallest absolute Gasteiger partial charge is 0.208 e. The molecule has 0 fully saturated rings. The lowest BCUT2D eigenvalue weighted by atomic mass is 10.3. The summed E-state index contributed by atoms with van der Waals surface area (Å²) in [6.45, 7) is 6.28. The first-order chi connectivity index (χ1) is 9.65. The second kappa shape index (κ2) is 5.28. The number of oxazole rings is 1. The van der Waals surface area contributed by atoms with Crippen LogP contribution in [0.2, 0.25) is 0 Å². The second-order valence-electron chi connectivity index (χ2n) is 4.89. The Morgan fingerprint density at radius 1 is 1.20 bits per heavy atom. The maximum absolute atomic E-state index is 5.79. The van der Waals surface area contributed by atoms with E-state index < -0.39 is 0 Å². The lowest BCUT2D eigenvalue weighted by Crippen LogP contribution is -2.02. The summed E-state index contributed by atoms with van der Waals surface area (Å²) in [6.07, 6.45) is 1.76. The molecule has 3 aromatic rings. The van der Waals surface area contributed by atoms with Gasteiger partial charge in [-0.1, -0.05) is 23.9 Å². The van der Waals surface area contributed by atoms with Crippen LogP contribution in [0.15, 0.2) is 40.2 Å². The molecule has 0 aliphatic heterocycles. The Morgan fingerprint density at radius 3 is 2.75 bits per heavy atom. The van der Waals surface area contributed by atoms with E-state index in [1.165, 1.54) is 0 Å². The third-order valence-electron chi connectivity index (χ3n) is 3.04. The number of para-hydroxylation sites is 2. The van der Waals surface area contributed by atoms with E-state index in [0.29, 0.717) is 6.04 Å². The van der Waals surface area contributed by atoms with Gasteiger partial charge in [0.25, 0.3) is 0 Å². The molecule has 1 atom stereocenters. The zero-order valence-electron chi connectivity index (χ0n) is 11.6. The summed E-state index contributed by atoms with van der Waals surface area (Å²) in [5, 5.41) is 9.11. The number of fused-ring (bicyclic) bond motifs is 1. The molecule has 0 spiro atoms. The molecule has 0 unspecified atom stereocenters. The molecule has 0 N–H and O–H groups in total. The van der Waals surface area contributed by atoms with Crippen molar-refractivity contribution < 1.29 is 4.42 Å². The normalized spacial score (nSPS) is 13.2. The Labute approximate surface area is 121 Å². The second-order valence-corrected chi connectivity index (χ2v) is 6.20. The van der Waals surface area contributed by atoms with Gasteiger partial charge < -0.3 is 8.98 Å². The minimum absolute atomic E-state index is 0.0871. The van der Waals surface area contributed by atoms with Crippen LogP contribution in [0.3, 0.4) is 0 Å². The highest BCUT2D eigenvalue weighted by atomic mass is 32.2. The molecule has 6 heteroatoms. The van der Waals surface area contributed by atoms with E-state index in [1.807, 2.05) is 28.8 Å². The van der Waals surface area contributed by atoms with Gasteiger partial charge in [0.05, 0.1) is 5.25 Å². The van der Waals surface area contributed by atoms with Gasteiger partial charge in [0.15, 0.2) is 10.7 Å². The highest BCUT2D eigenvalue weighted by molar-refractivity contribution is 7.99. The number of nitrogens with zero attached hydrogens (tertiary/aromatic N) is 4. The lowest BCUT2D eigenvalue weighted by molar-refractivity contribution is 0.528. The van der Waals surface area contributed by atoms with Crippen LogP contribution in [0, 0.1) is 0 Å². The predicted octanol–water partition coefficient (Wildman–Crippen LogP) is 3.85. The van der Waals surface area contributed by atoms with Crippen molar-refractivity contribution in [3.63, 3.8) is 0 Å². The van der Waals surface area contributed by atoms with E-state index in [2.05, 4.69) is 36.0 Å². The Balaban J connectivity index is 1.85. The van der Waals surface area contributed by atoms with Gasteiger partial charge in [-0.15, -0.1) is 10.2 Å². The van der Waals surface area contributed by atoms with Crippen molar-refractivity contribution in [2.24, 2.45) is 0 Å². The topological polar surface area (TPSA) is 56.7 Å². The highest BCUT2D eigenvalue weighted by Crippen LogP contribution is 2.35. The maximum Gasteiger partial charge on any atom is 0.208 e. The number of benzene rings is 1. The summed E-state index contributed by atoms with van der Waals surface area (Å²) < 4.78 is 7.84. The monoisotopic (exact) mass is 288 g/mol. The van der Waals surface area contributed by atoms with Crippen molar-refractivity contribution in [3.8, 4) is 0 Å². The first kappa shape index (κ1) is 13.2. The Bertz CT molecular complexity index is 686. The van der Waals surface area contributed by atoms with Crippen LogP contribution in [0.5, 0.6) is 0 Å². The third kappa shape index (κ3) is 2.43. The van der Waals surface area contributed by atoms with Gasteiger partial charge >= 0.3 is 0 Å². The quantitative estimate of drug-likeness (QED) is 0.682. The van der Waals surface area contributed by atoms with Crippen molar-refractivity contribution in [2.75, 3.05) is 0 Å². The number of hydrogen-bond acceptors (Lipinski definition) is 5. The van der Waals surface area contributed by atoms with Gasteiger partial charge in [-0.3, -0.25) is 0 Å². The van der Waals surface area contributed by atoms with Crippen LogP contribution in [-0.2, 0) is 0 Å². The molecule has 0 bridgehead atoms. The summed E-state index contributed by atoms with van der Waals surface area (Å²) >= 11 is 1.61. The molecule has 0 aliphatic carbocycles. The van der Waals surface area contributed by atoms with E-state index >= 15 is 0 Å². The summed E-state index contributed by atoms with van der Waals surface area (Å²) in [5.74, 6) is 0.717. The predicted molar refractivity (Wildman–Crippen MR) is 78.7 cm³/mol. The molecule has 2 aromatic heterocycles. The van der Waals surface area contributed by atoms with Gasteiger partial charge in [-0.2, -0.15) is 0 Å². The number of rotatable bonds is 4. The van der Waals surface area contributed by atoms with Gasteiger partial charge in [0, 0.05) is 6.04 Å². The zero-order valence-corrected chi connectivity index (χ0v) is 12.5. The molecular formula is C14H16N4OS. The molecule has 2 heterocycles. The Morgan fingerprint density at radius 2 is 2.00 bits per heavy atom. The van der Waals surface area contributed by atoms with Gasteiger partial charge in [0.2, 0.25) is 5.89 Å². The van der Waals surface area contributed by atoms with E-state index in [-0.39, 0.29) is 5.25 Å². The molecule has 104 valence electrons. The molecule has 0 amide bonds. The Kier molecular flexibility index (Phi) is 3.48.